The second kappa shape index (κ2) is 8.66. The van der Waals surface area contributed by atoms with Crippen LogP contribution in [0.15, 0.2) is 41.8 Å². The van der Waals surface area contributed by atoms with E-state index in [1.54, 1.807) is 13.8 Å². The molecule has 2 unspecified atom stereocenters. The van der Waals surface area contributed by atoms with Gasteiger partial charge in [-0.25, -0.2) is 8.78 Å². The first-order valence-electron chi connectivity index (χ1n) is 6.39. The summed E-state index contributed by atoms with van der Waals surface area (Å²) >= 11 is 0. The normalized spacial score (nSPS) is 12.4. The van der Waals surface area contributed by atoms with Crippen molar-refractivity contribution in [2.24, 2.45) is 5.11 Å². The highest BCUT2D eigenvalue weighted by Gasteiger charge is 2.03. The van der Waals surface area contributed by atoms with Crippen molar-refractivity contribution in [1.29, 1.82) is 0 Å². The molecule has 1 N–H and O–H groups in total. The molecule has 0 amide bonds. The van der Waals surface area contributed by atoms with Crippen LogP contribution in [0.25, 0.3) is 10.4 Å². The molecule has 0 aliphatic heterocycles. The van der Waals surface area contributed by atoms with Gasteiger partial charge >= 0.3 is 0 Å². The second-order valence-electron chi connectivity index (χ2n) is 4.36. The van der Waals surface area contributed by atoms with Gasteiger partial charge in [-0.1, -0.05) is 12.0 Å². The summed E-state index contributed by atoms with van der Waals surface area (Å²) in [6.07, 6.45) is 1.56. The van der Waals surface area contributed by atoms with E-state index in [-0.39, 0.29) is 11.9 Å². The molecule has 0 saturated carbocycles. The van der Waals surface area contributed by atoms with Gasteiger partial charge in [-0.05, 0) is 36.7 Å². The number of aromatic nitrogens is 2. The molecule has 0 bridgehead atoms. The van der Waals surface area contributed by atoms with E-state index in [0.717, 1.165) is 12.4 Å². The molecule has 0 saturated heterocycles. The van der Waals surface area contributed by atoms with Gasteiger partial charge < -0.3 is 5.11 Å². The molecule has 22 heavy (non-hydrogen) atoms. The lowest BCUT2D eigenvalue weighted by atomic mass is 10.2. The zero-order chi connectivity index (χ0) is 16.5. The fourth-order valence-electron chi connectivity index (χ4n) is 1.41. The molecule has 0 spiro atoms. The molecule has 0 aliphatic rings. The first-order valence-corrected chi connectivity index (χ1v) is 6.39. The van der Waals surface area contributed by atoms with Crippen LogP contribution in [0.2, 0.25) is 0 Å². The van der Waals surface area contributed by atoms with Gasteiger partial charge in [-0.3, -0.25) is 9.97 Å². The van der Waals surface area contributed by atoms with E-state index in [1.165, 1.54) is 24.3 Å². The predicted octanol–water partition coefficient (Wildman–Crippen LogP) is 3.87. The molecule has 0 radical (unpaired) electrons. The number of aliphatic hydroxyl groups is 1. The SMILES string of the molecule is CC(N=[N+]=[N-])c1ccc(F)cn1.CC(O)c1ccc(F)cn1. The van der Waals surface area contributed by atoms with E-state index in [2.05, 4.69) is 20.0 Å². The lowest BCUT2D eigenvalue weighted by Gasteiger charge is -2.01. The highest BCUT2D eigenvalue weighted by Crippen LogP contribution is 2.13. The van der Waals surface area contributed by atoms with Gasteiger partial charge in [0.15, 0.2) is 0 Å². The largest absolute Gasteiger partial charge is 0.387 e. The number of nitrogens with zero attached hydrogens (tertiary/aromatic N) is 5. The first-order chi connectivity index (χ1) is 10.4. The maximum atomic E-state index is 12.4. The van der Waals surface area contributed by atoms with Crippen molar-refractivity contribution in [2.75, 3.05) is 0 Å². The Kier molecular flexibility index (Phi) is 6.88. The molecule has 2 heterocycles. The Bertz CT molecular complexity index is 625. The lowest BCUT2D eigenvalue weighted by molar-refractivity contribution is 0.194. The number of aliphatic hydroxyl groups excluding tert-OH is 1. The molecule has 8 heteroatoms. The zero-order valence-corrected chi connectivity index (χ0v) is 12.1. The smallest absolute Gasteiger partial charge is 0.141 e. The summed E-state index contributed by atoms with van der Waals surface area (Å²) in [4.78, 5) is 10.0. The summed E-state index contributed by atoms with van der Waals surface area (Å²) in [6.45, 7) is 3.28. The maximum Gasteiger partial charge on any atom is 0.141 e. The van der Waals surface area contributed by atoms with Crippen molar-refractivity contribution in [2.45, 2.75) is 26.0 Å². The van der Waals surface area contributed by atoms with Crippen LogP contribution in [-0.2, 0) is 0 Å². The molecule has 116 valence electrons. The summed E-state index contributed by atoms with van der Waals surface area (Å²) in [5.41, 5.74) is 9.16. The average molecular weight is 307 g/mol. The minimum atomic E-state index is -0.624. The van der Waals surface area contributed by atoms with Crippen LogP contribution in [0.4, 0.5) is 8.78 Å². The maximum absolute atomic E-state index is 12.4. The number of halogens is 2. The summed E-state index contributed by atoms with van der Waals surface area (Å²) in [5, 5.41) is 12.3. The fourth-order valence-corrected chi connectivity index (χ4v) is 1.41. The molecule has 2 atom stereocenters. The minimum absolute atomic E-state index is 0.351. The van der Waals surface area contributed by atoms with Crippen molar-refractivity contribution in [1.82, 2.24) is 9.97 Å². The van der Waals surface area contributed by atoms with Gasteiger partial charge in [0.05, 0.1) is 30.2 Å². The van der Waals surface area contributed by atoms with E-state index in [1.807, 2.05) is 0 Å². The Labute approximate surface area is 126 Å². The van der Waals surface area contributed by atoms with Crippen LogP contribution in [-0.4, -0.2) is 15.1 Å². The second-order valence-corrected chi connectivity index (χ2v) is 4.36. The van der Waals surface area contributed by atoms with Gasteiger partial charge in [-0.2, -0.15) is 0 Å². The highest BCUT2D eigenvalue weighted by atomic mass is 19.1. The van der Waals surface area contributed by atoms with Gasteiger partial charge in [0, 0.05) is 10.6 Å². The summed E-state index contributed by atoms with van der Waals surface area (Å²) in [7, 11) is 0. The average Bonchev–Trinajstić information content (AvgIpc) is 2.49. The Morgan fingerprint density at radius 3 is 1.91 bits per heavy atom. The third kappa shape index (κ3) is 5.82. The molecule has 2 aromatic heterocycles. The molecular formula is C14H15F2N5O. The predicted molar refractivity (Wildman–Crippen MR) is 76.6 cm³/mol. The highest BCUT2D eigenvalue weighted by molar-refractivity contribution is 5.09. The molecule has 0 fully saturated rings. The number of azide groups is 1. The number of pyridine rings is 2. The molecule has 2 aromatic rings. The van der Waals surface area contributed by atoms with E-state index in [0.29, 0.717) is 11.4 Å². The van der Waals surface area contributed by atoms with Crippen LogP contribution in [0.5, 0.6) is 0 Å². The van der Waals surface area contributed by atoms with E-state index in [9.17, 15) is 8.78 Å². The van der Waals surface area contributed by atoms with Crippen molar-refractivity contribution < 1.29 is 13.9 Å². The summed E-state index contributed by atoms with van der Waals surface area (Å²) < 4.78 is 24.6. The van der Waals surface area contributed by atoms with Crippen molar-refractivity contribution in [3.63, 3.8) is 0 Å². The molecule has 0 aliphatic carbocycles. The van der Waals surface area contributed by atoms with Crippen LogP contribution >= 0.6 is 0 Å². The van der Waals surface area contributed by atoms with Gasteiger partial charge in [0.1, 0.15) is 11.6 Å². The standard InChI is InChI=1S/C7H7FN4.C7H8FNO/c1-5(11-12-9)7-3-2-6(8)4-10-7;1-5(10)7-3-2-6(8)4-9-7/h2-5H,1H3;2-5,10H,1H3. The monoisotopic (exact) mass is 307 g/mol. The Morgan fingerprint density at radius 2 is 1.55 bits per heavy atom. The van der Waals surface area contributed by atoms with Gasteiger partial charge in [-0.15, -0.1) is 0 Å². The van der Waals surface area contributed by atoms with Crippen LogP contribution in [0.1, 0.15) is 37.4 Å². The fraction of sp³-hybridized carbons (Fsp3) is 0.286. The summed E-state index contributed by atoms with van der Waals surface area (Å²) in [5.74, 6) is -0.781. The summed E-state index contributed by atoms with van der Waals surface area (Å²) in [6, 6.07) is 5.16. The van der Waals surface area contributed by atoms with E-state index >= 15 is 0 Å². The van der Waals surface area contributed by atoms with Crippen molar-refractivity contribution in [3.8, 4) is 0 Å². The molecule has 0 aromatic carbocycles. The number of rotatable bonds is 3. The number of hydrogen-bond acceptors (Lipinski definition) is 4. The lowest BCUT2D eigenvalue weighted by Crippen LogP contribution is -1.94. The molecular weight excluding hydrogens is 292 g/mol. The minimum Gasteiger partial charge on any atom is -0.387 e. The first kappa shape index (κ1) is 17.5. The third-order valence-electron chi connectivity index (χ3n) is 2.58. The van der Waals surface area contributed by atoms with E-state index < -0.39 is 11.9 Å². The van der Waals surface area contributed by atoms with Crippen molar-refractivity contribution in [3.05, 3.63) is 70.1 Å². The van der Waals surface area contributed by atoms with Crippen molar-refractivity contribution >= 4 is 0 Å². The Morgan fingerprint density at radius 1 is 1.05 bits per heavy atom. The Balaban J connectivity index is 0.000000224. The molecule has 2 rings (SSSR count). The van der Waals surface area contributed by atoms with Crippen LogP contribution in [0, 0.1) is 11.6 Å². The third-order valence-corrected chi connectivity index (χ3v) is 2.58. The topological polar surface area (TPSA) is 94.8 Å². The van der Waals surface area contributed by atoms with E-state index in [4.69, 9.17) is 10.6 Å². The van der Waals surface area contributed by atoms with Gasteiger partial charge in [0.2, 0.25) is 0 Å². The van der Waals surface area contributed by atoms with Crippen LogP contribution in [0.3, 0.4) is 0 Å². The zero-order valence-electron chi connectivity index (χ0n) is 12.1. The molecule has 6 nitrogen and oxygen atoms in total. The Hall–Kier alpha value is -2.57. The van der Waals surface area contributed by atoms with Crippen LogP contribution < -0.4 is 0 Å². The van der Waals surface area contributed by atoms with Gasteiger partial charge in [0.25, 0.3) is 0 Å². The number of hydrogen-bond donors (Lipinski definition) is 1. The quantitative estimate of drug-likeness (QED) is 0.529.